The number of para-hydroxylation sites is 4. The molecule has 12 aromatic rings. The zero-order valence-corrected chi connectivity index (χ0v) is 33.8. The number of furan rings is 1. The summed E-state index contributed by atoms with van der Waals surface area (Å²) < 4.78 is 11.6. The highest BCUT2D eigenvalue weighted by atomic mass is 32.1. The molecule has 60 heavy (non-hydrogen) atoms. The van der Waals surface area contributed by atoms with Crippen molar-refractivity contribution in [3.8, 4) is 39.1 Å². The summed E-state index contributed by atoms with van der Waals surface area (Å²) in [6, 6.07) is 70.2. The summed E-state index contributed by atoms with van der Waals surface area (Å²) in [6.07, 6.45) is 0. The molecule has 0 atom stereocenters. The van der Waals surface area contributed by atoms with E-state index in [-0.39, 0.29) is 0 Å². The van der Waals surface area contributed by atoms with Gasteiger partial charge in [-0.15, -0.1) is 11.3 Å². The molecular weight excluding hydrogens is 747 g/mol. The lowest BCUT2D eigenvalue weighted by molar-refractivity contribution is 0.670. The minimum atomic E-state index is 0.898. The minimum Gasteiger partial charge on any atom is -0.455 e. The van der Waals surface area contributed by atoms with Crippen LogP contribution in [-0.2, 0) is 0 Å². The molecule has 0 aliphatic carbocycles. The van der Waals surface area contributed by atoms with Crippen LogP contribution in [0.3, 0.4) is 0 Å². The van der Waals surface area contributed by atoms with Gasteiger partial charge in [0, 0.05) is 58.5 Å². The van der Waals surface area contributed by atoms with Crippen LogP contribution in [0.15, 0.2) is 205 Å². The second kappa shape index (κ2) is 13.6. The molecule has 3 heteroatoms. The van der Waals surface area contributed by atoms with Gasteiger partial charge in [-0.25, -0.2) is 0 Å². The first-order chi connectivity index (χ1) is 29.6. The first-order valence-electron chi connectivity index (χ1n) is 20.4. The van der Waals surface area contributed by atoms with Crippen molar-refractivity contribution in [2.45, 2.75) is 6.92 Å². The van der Waals surface area contributed by atoms with Crippen molar-refractivity contribution in [2.24, 2.45) is 0 Å². The zero-order chi connectivity index (χ0) is 39.9. The summed E-state index contributed by atoms with van der Waals surface area (Å²) in [7, 11) is 0. The van der Waals surface area contributed by atoms with Gasteiger partial charge in [-0.3, -0.25) is 0 Å². The molecule has 0 unspecified atom stereocenters. The molecule has 3 aromatic heterocycles. The van der Waals surface area contributed by atoms with Gasteiger partial charge in [0.05, 0.1) is 11.0 Å². The van der Waals surface area contributed by atoms with Crippen molar-refractivity contribution in [1.29, 1.82) is 0 Å². The van der Waals surface area contributed by atoms with Crippen LogP contribution in [0.25, 0.3) is 109 Å². The number of hydrogen-bond acceptors (Lipinski definition) is 2. The molecule has 2 nitrogen and oxygen atoms in total. The molecule has 0 saturated carbocycles. The highest BCUT2D eigenvalue weighted by molar-refractivity contribution is 7.26. The molecule has 12 rings (SSSR count). The van der Waals surface area contributed by atoms with Crippen LogP contribution in [0.2, 0.25) is 0 Å². The monoisotopic (exact) mass is 783 g/mol. The normalized spacial score (nSPS) is 11.8. The molecule has 0 aliphatic heterocycles. The highest BCUT2D eigenvalue weighted by Crippen LogP contribution is 2.47. The molecule has 0 radical (unpaired) electrons. The lowest BCUT2D eigenvalue weighted by atomic mass is 9.84. The molecule has 0 aliphatic rings. The van der Waals surface area contributed by atoms with E-state index in [4.69, 9.17) is 11.0 Å². The number of aryl methyl sites for hydroxylation is 1. The Morgan fingerprint density at radius 3 is 2.07 bits per heavy atom. The van der Waals surface area contributed by atoms with Crippen LogP contribution in [-0.4, -0.2) is 4.57 Å². The fourth-order valence-corrected chi connectivity index (χ4v) is 10.7. The first-order valence-corrected chi connectivity index (χ1v) is 21.3. The molecule has 3 heterocycles. The summed E-state index contributed by atoms with van der Waals surface area (Å²) in [4.78, 5) is 0. The van der Waals surface area contributed by atoms with Crippen molar-refractivity contribution < 1.29 is 4.42 Å². The van der Waals surface area contributed by atoms with Gasteiger partial charge in [0.25, 0.3) is 0 Å². The molecule has 0 fully saturated rings. The quantitative estimate of drug-likeness (QED) is 0.164. The molecule has 0 N–H and O–H groups in total. The Morgan fingerprint density at radius 2 is 1.18 bits per heavy atom. The molecular formula is C57H37NOS. The second-order valence-corrected chi connectivity index (χ2v) is 16.8. The first kappa shape index (κ1) is 34.6. The zero-order valence-electron chi connectivity index (χ0n) is 32.9. The highest BCUT2D eigenvalue weighted by Gasteiger charge is 2.22. The van der Waals surface area contributed by atoms with Gasteiger partial charge in [-0.05, 0) is 100.0 Å². The van der Waals surface area contributed by atoms with Gasteiger partial charge in [-0.2, -0.15) is 0 Å². The van der Waals surface area contributed by atoms with Gasteiger partial charge in [0.2, 0.25) is 0 Å². The number of fused-ring (bicyclic) bond motifs is 9. The third-order valence-corrected chi connectivity index (χ3v) is 13.5. The van der Waals surface area contributed by atoms with E-state index in [1.807, 2.05) is 17.4 Å². The molecule has 0 bridgehead atoms. The van der Waals surface area contributed by atoms with Crippen LogP contribution >= 0.6 is 11.3 Å². The minimum absolute atomic E-state index is 0.898. The van der Waals surface area contributed by atoms with E-state index in [2.05, 4.69) is 200 Å². The van der Waals surface area contributed by atoms with E-state index in [1.54, 1.807) is 0 Å². The van der Waals surface area contributed by atoms with Gasteiger partial charge in [-0.1, -0.05) is 152 Å². The Balaban J connectivity index is 1.10. The van der Waals surface area contributed by atoms with Crippen LogP contribution < -0.4 is 0 Å². The second-order valence-electron chi connectivity index (χ2n) is 15.7. The maximum atomic E-state index is 6.67. The fraction of sp³-hybridized carbons (Fsp3) is 0.0175. The average molecular weight is 784 g/mol. The predicted octanol–water partition coefficient (Wildman–Crippen LogP) is 16.4. The van der Waals surface area contributed by atoms with E-state index < -0.39 is 0 Å². The third-order valence-electron chi connectivity index (χ3n) is 12.3. The Kier molecular flexibility index (Phi) is 7.81. The average Bonchev–Trinajstić information content (AvgIpc) is 3.98. The lowest BCUT2D eigenvalue weighted by Gasteiger charge is -2.20. The maximum absolute atomic E-state index is 6.67. The number of hydrogen-bond donors (Lipinski definition) is 0. The van der Waals surface area contributed by atoms with Crippen molar-refractivity contribution in [3.05, 3.63) is 217 Å². The van der Waals surface area contributed by atoms with Gasteiger partial charge >= 0.3 is 0 Å². The molecule has 282 valence electrons. The number of nitrogens with zero attached hydrogens (tertiary/aromatic N) is 1. The third kappa shape index (κ3) is 5.26. The smallest absolute Gasteiger partial charge is 0.143 e. The topological polar surface area (TPSA) is 18.1 Å². The number of aromatic nitrogens is 1. The standard InChI is InChI=1S/C57H37NOS/c1-35-16-6-7-19-40(35)55-41(23-14-24-42(55)37-30-31-44-43-20-8-11-27-51(43)58(52(44)34-37)39-17-4-3-5-18-39)36(2)38-32-49-46-22-10-13-29-54(46)60-57(49)50(33-38)48-26-15-25-47-45-21-9-12-28-53(45)59-56(47)48/h3-34H,2H2,1H3. The van der Waals surface area contributed by atoms with Crippen LogP contribution in [0, 0.1) is 6.92 Å². The van der Waals surface area contributed by atoms with Crippen molar-refractivity contribution in [2.75, 3.05) is 0 Å². The summed E-state index contributed by atoms with van der Waals surface area (Å²) in [5.41, 5.74) is 16.7. The van der Waals surface area contributed by atoms with Gasteiger partial charge < -0.3 is 8.98 Å². The summed E-state index contributed by atoms with van der Waals surface area (Å²) in [6.45, 7) is 7.17. The Hall–Kier alpha value is -7.46. The number of rotatable bonds is 6. The van der Waals surface area contributed by atoms with Crippen LogP contribution in [0.1, 0.15) is 16.7 Å². The predicted molar refractivity (Wildman–Crippen MR) is 257 cm³/mol. The van der Waals surface area contributed by atoms with Gasteiger partial charge in [0.15, 0.2) is 0 Å². The van der Waals surface area contributed by atoms with Crippen molar-refractivity contribution in [1.82, 2.24) is 4.57 Å². The van der Waals surface area contributed by atoms with Crippen molar-refractivity contribution in [3.63, 3.8) is 0 Å². The van der Waals surface area contributed by atoms with Crippen LogP contribution in [0.4, 0.5) is 0 Å². The summed E-state index contributed by atoms with van der Waals surface area (Å²) in [5.74, 6) is 0. The molecule has 9 aromatic carbocycles. The van der Waals surface area contributed by atoms with Gasteiger partial charge in [0.1, 0.15) is 11.2 Å². The van der Waals surface area contributed by atoms with E-state index in [9.17, 15) is 0 Å². The lowest BCUT2D eigenvalue weighted by Crippen LogP contribution is -1.97. The Bertz CT molecular complexity index is 3690. The SMILES string of the molecule is C=C(c1cc(-c2cccc3c2oc2ccccc23)c2sc3ccccc3c2c1)c1cccc(-c2ccc3c4ccccc4n(-c4ccccc4)c3c2)c1-c1ccccc1C. The number of benzene rings is 9. The molecule has 0 amide bonds. The van der Waals surface area contributed by atoms with E-state index in [0.29, 0.717) is 0 Å². The van der Waals surface area contributed by atoms with Crippen LogP contribution in [0.5, 0.6) is 0 Å². The van der Waals surface area contributed by atoms with E-state index in [0.717, 1.165) is 61.0 Å². The summed E-state index contributed by atoms with van der Waals surface area (Å²) in [5, 5.41) is 7.21. The Labute approximate surface area is 351 Å². The maximum Gasteiger partial charge on any atom is 0.143 e. The molecule has 0 saturated heterocycles. The summed E-state index contributed by atoms with van der Waals surface area (Å²) >= 11 is 1.84. The van der Waals surface area contributed by atoms with E-state index in [1.165, 1.54) is 64.2 Å². The van der Waals surface area contributed by atoms with Crippen molar-refractivity contribution >= 4 is 80.8 Å². The Morgan fingerprint density at radius 1 is 0.500 bits per heavy atom. The molecule has 0 spiro atoms. The fourth-order valence-electron chi connectivity index (χ4n) is 9.50. The largest absolute Gasteiger partial charge is 0.455 e. The number of thiophene rings is 1. The van der Waals surface area contributed by atoms with E-state index >= 15 is 0 Å².